The molecule has 3 rings (SSSR count). The van der Waals surface area contributed by atoms with Crippen molar-refractivity contribution in [2.75, 3.05) is 39.2 Å². The number of hydrogen-bond acceptors (Lipinski definition) is 6. The summed E-state index contributed by atoms with van der Waals surface area (Å²) in [6, 6.07) is 13.5. The molecule has 2 N–H and O–H groups in total. The smallest absolute Gasteiger partial charge is 0.211 e. The van der Waals surface area contributed by atoms with Crippen LogP contribution in [0.5, 0.6) is 23.0 Å². The fraction of sp³-hybridized carbons (Fsp3) is 0.300. The van der Waals surface area contributed by atoms with Crippen LogP contribution in [0.15, 0.2) is 54.5 Å². The Morgan fingerprint density at radius 3 is 2.58 bits per heavy atom. The molecule has 0 radical (unpaired) electrons. The molecule has 6 heteroatoms. The van der Waals surface area contributed by atoms with E-state index < -0.39 is 0 Å². The summed E-state index contributed by atoms with van der Waals surface area (Å²) in [5.74, 6) is 3.51. The zero-order valence-electron chi connectivity index (χ0n) is 15.1. The monoisotopic (exact) mass is 356 g/mol. The Labute approximate surface area is 153 Å². The molecule has 2 aromatic rings. The normalized spacial score (nSPS) is 12.3. The van der Waals surface area contributed by atoms with Gasteiger partial charge in [-0.3, -0.25) is 0 Å². The van der Waals surface area contributed by atoms with E-state index in [4.69, 9.17) is 18.9 Å². The molecule has 0 aromatic heterocycles. The maximum Gasteiger partial charge on any atom is 0.211 e. The lowest BCUT2D eigenvalue weighted by Crippen LogP contribution is -2.24. The van der Waals surface area contributed by atoms with Gasteiger partial charge in [0.15, 0.2) is 17.3 Å². The van der Waals surface area contributed by atoms with E-state index in [1.807, 2.05) is 42.5 Å². The highest BCUT2D eigenvalue weighted by atomic mass is 16.6. The van der Waals surface area contributed by atoms with Gasteiger partial charge in [-0.05, 0) is 37.2 Å². The minimum Gasteiger partial charge on any atom is -0.495 e. The second-order valence-electron chi connectivity index (χ2n) is 5.75. The lowest BCUT2D eigenvalue weighted by atomic mass is 10.2. The molecule has 0 bridgehead atoms. The van der Waals surface area contributed by atoms with Gasteiger partial charge in [-0.15, -0.1) is 0 Å². The summed E-state index contributed by atoms with van der Waals surface area (Å²) in [5.41, 5.74) is 1.01. The summed E-state index contributed by atoms with van der Waals surface area (Å²) in [5, 5.41) is 6.73. The molecule has 0 unspecified atom stereocenters. The Balaban J connectivity index is 1.39. The number of benzene rings is 2. The van der Waals surface area contributed by atoms with Crippen molar-refractivity contribution in [1.82, 2.24) is 5.32 Å². The largest absolute Gasteiger partial charge is 0.495 e. The number of para-hydroxylation sites is 3. The van der Waals surface area contributed by atoms with Gasteiger partial charge in [0.25, 0.3) is 0 Å². The highest BCUT2D eigenvalue weighted by Gasteiger charge is 2.18. The Hall–Kier alpha value is -2.86. The van der Waals surface area contributed by atoms with Crippen LogP contribution in [0.25, 0.3) is 0 Å². The maximum atomic E-state index is 5.88. The van der Waals surface area contributed by atoms with Crippen molar-refractivity contribution in [3.8, 4) is 23.0 Å². The van der Waals surface area contributed by atoms with Crippen LogP contribution >= 0.6 is 0 Å². The van der Waals surface area contributed by atoms with Crippen LogP contribution in [-0.4, -0.2) is 33.9 Å². The Kier molecular flexibility index (Phi) is 6.22. The van der Waals surface area contributed by atoms with Crippen LogP contribution in [0.3, 0.4) is 0 Å². The average molecular weight is 356 g/mol. The molecule has 0 fully saturated rings. The van der Waals surface area contributed by atoms with Crippen molar-refractivity contribution in [2.45, 2.75) is 6.42 Å². The van der Waals surface area contributed by atoms with E-state index in [9.17, 15) is 0 Å². The summed E-state index contributed by atoms with van der Waals surface area (Å²) in [4.78, 5) is 0. The summed E-state index contributed by atoms with van der Waals surface area (Å²) < 4.78 is 22.1. The van der Waals surface area contributed by atoms with Crippen molar-refractivity contribution in [1.29, 1.82) is 0 Å². The molecule has 6 nitrogen and oxygen atoms in total. The van der Waals surface area contributed by atoms with Gasteiger partial charge in [0, 0.05) is 6.54 Å². The minimum atomic E-state index is 0.589. The molecule has 1 aliphatic heterocycles. The molecule has 0 aliphatic carbocycles. The number of nitrogens with one attached hydrogen (secondary N) is 2. The fourth-order valence-electron chi connectivity index (χ4n) is 2.65. The van der Waals surface area contributed by atoms with E-state index in [1.54, 1.807) is 20.5 Å². The molecule has 1 heterocycles. The molecule has 0 atom stereocenters. The van der Waals surface area contributed by atoms with Gasteiger partial charge in [-0.2, -0.15) is 0 Å². The highest BCUT2D eigenvalue weighted by molar-refractivity contribution is 5.56. The quantitative estimate of drug-likeness (QED) is 0.672. The zero-order valence-corrected chi connectivity index (χ0v) is 15.1. The predicted molar refractivity (Wildman–Crippen MR) is 101 cm³/mol. The van der Waals surface area contributed by atoms with Crippen LogP contribution < -0.4 is 29.6 Å². The Morgan fingerprint density at radius 2 is 1.73 bits per heavy atom. The molecule has 0 saturated heterocycles. The molecule has 0 saturated carbocycles. The topological polar surface area (TPSA) is 61.0 Å². The summed E-state index contributed by atoms with van der Waals surface area (Å²) in [6.45, 7) is 2.29. The average Bonchev–Trinajstić information content (AvgIpc) is 2.70. The van der Waals surface area contributed by atoms with E-state index in [0.29, 0.717) is 23.8 Å². The summed E-state index contributed by atoms with van der Waals surface area (Å²) in [6.07, 6.45) is 2.59. The third kappa shape index (κ3) is 4.40. The molecule has 0 spiro atoms. The lowest BCUT2D eigenvalue weighted by Gasteiger charge is -2.20. The standard InChI is InChI=1S/C20H24N2O4/c1-23-17-8-4-3-7-16(17)22-12-6-11-21-13-15-14-25-19-10-5-9-18(24-2)20(19)26-15/h3-5,7-10,14,21-22H,6,11-13H2,1-2H3. The van der Waals surface area contributed by atoms with Crippen molar-refractivity contribution >= 4 is 5.69 Å². The first-order chi connectivity index (χ1) is 12.8. The molecule has 0 amide bonds. The van der Waals surface area contributed by atoms with Crippen LogP contribution in [0.4, 0.5) is 5.69 Å². The van der Waals surface area contributed by atoms with E-state index >= 15 is 0 Å². The maximum absolute atomic E-state index is 5.88. The van der Waals surface area contributed by atoms with E-state index in [-0.39, 0.29) is 0 Å². The highest BCUT2D eigenvalue weighted by Crippen LogP contribution is 2.40. The SMILES string of the molecule is COc1ccccc1NCCCNCC1=COc2cccc(OC)c2O1. The number of methoxy groups -OCH3 is 2. The van der Waals surface area contributed by atoms with Crippen LogP contribution in [-0.2, 0) is 0 Å². The first kappa shape index (κ1) is 17.9. The van der Waals surface area contributed by atoms with Gasteiger partial charge in [-0.1, -0.05) is 18.2 Å². The van der Waals surface area contributed by atoms with E-state index in [2.05, 4.69) is 10.6 Å². The number of fused-ring (bicyclic) bond motifs is 1. The zero-order chi connectivity index (χ0) is 18.2. The fourth-order valence-corrected chi connectivity index (χ4v) is 2.65. The van der Waals surface area contributed by atoms with Crippen LogP contribution in [0.2, 0.25) is 0 Å². The van der Waals surface area contributed by atoms with Gasteiger partial charge in [0.05, 0.1) is 26.5 Å². The third-order valence-electron chi connectivity index (χ3n) is 3.97. The molecular weight excluding hydrogens is 332 g/mol. The minimum absolute atomic E-state index is 0.589. The Bertz CT molecular complexity index is 761. The predicted octanol–water partition coefficient (Wildman–Crippen LogP) is 3.41. The van der Waals surface area contributed by atoms with E-state index in [1.165, 1.54) is 0 Å². The molecule has 138 valence electrons. The first-order valence-electron chi connectivity index (χ1n) is 8.60. The summed E-state index contributed by atoms with van der Waals surface area (Å²) in [7, 11) is 3.29. The van der Waals surface area contributed by atoms with Gasteiger partial charge in [0.1, 0.15) is 12.0 Å². The van der Waals surface area contributed by atoms with Crippen LogP contribution in [0, 0.1) is 0 Å². The van der Waals surface area contributed by atoms with E-state index in [0.717, 1.165) is 36.7 Å². The molecule has 1 aliphatic rings. The Morgan fingerprint density at radius 1 is 0.923 bits per heavy atom. The van der Waals surface area contributed by atoms with Crippen molar-refractivity contribution < 1.29 is 18.9 Å². The van der Waals surface area contributed by atoms with Gasteiger partial charge < -0.3 is 29.6 Å². The van der Waals surface area contributed by atoms with Gasteiger partial charge in [0.2, 0.25) is 5.75 Å². The summed E-state index contributed by atoms with van der Waals surface area (Å²) >= 11 is 0. The van der Waals surface area contributed by atoms with Crippen molar-refractivity contribution in [2.24, 2.45) is 0 Å². The molecular formula is C20H24N2O4. The number of rotatable bonds is 9. The van der Waals surface area contributed by atoms with Crippen LogP contribution in [0.1, 0.15) is 6.42 Å². The molecule has 2 aromatic carbocycles. The van der Waals surface area contributed by atoms with Crippen molar-refractivity contribution in [3.63, 3.8) is 0 Å². The van der Waals surface area contributed by atoms with Gasteiger partial charge in [-0.25, -0.2) is 0 Å². The number of ether oxygens (including phenoxy) is 4. The van der Waals surface area contributed by atoms with Crippen molar-refractivity contribution in [3.05, 3.63) is 54.5 Å². The van der Waals surface area contributed by atoms with Gasteiger partial charge >= 0.3 is 0 Å². The first-order valence-corrected chi connectivity index (χ1v) is 8.60. The lowest BCUT2D eigenvalue weighted by molar-refractivity contribution is 0.293. The third-order valence-corrected chi connectivity index (χ3v) is 3.97. The number of anilines is 1. The second-order valence-corrected chi connectivity index (χ2v) is 5.75. The molecule has 26 heavy (non-hydrogen) atoms. The second kappa shape index (κ2) is 9.01. The number of hydrogen-bond donors (Lipinski definition) is 2.